The Morgan fingerprint density at radius 1 is 1.23 bits per heavy atom. The number of nitrogens with one attached hydrogen (secondary N) is 1. The van der Waals surface area contributed by atoms with Crippen LogP contribution in [0.5, 0.6) is 0 Å². The van der Waals surface area contributed by atoms with Gasteiger partial charge in [0.25, 0.3) is 5.56 Å². The third kappa shape index (κ3) is 2.05. The topological polar surface area (TPSA) is 63.6 Å². The van der Waals surface area contributed by atoms with Crippen LogP contribution in [0.2, 0.25) is 0 Å². The van der Waals surface area contributed by atoms with E-state index in [-0.39, 0.29) is 11.4 Å². The molecule has 3 aromatic heterocycles. The average Bonchev–Trinajstić information content (AvgIpc) is 2.92. The van der Waals surface area contributed by atoms with Gasteiger partial charge in [-0.2, -0.15) is 0 Å². The van der Waals surface area contributed by atoms with Crippen molar-refractivity contribution in [3.8, 4) is 0 Å². The predicted octanol–water partition coefficient (Wildman–Crippen LogP) is 2.46. The SMILES string of the molecule is O=c1c2cnccc2ncn1Cc1cc2cc(F)ccc2[nH]1. The third-order valence-electron chi connectivity index (χ3n) is 3.60. The molecule has 0 spiro atoms. The molecule has 0 aliphatic heterocycles. The van der Waals surface area contributed by atoms with Gasteiger partial charge in [-0.25, -0.2) is 9.37 Å². The number of halogens is 1. The fourth-order valence-electron chi connectivity index (χ4n) is 2.55. The van der Waals surface area contributed by atoms with Crippen LogP contribution in [0.3, 0.4) is 0 Å². The van der Waals surface area contributed by atoms with Gasteiger partial charge < -0.3 is 4.98 Å². The van der Waals surface area contributed by atoms with Crippen molar-refractivity contribution in [3.63, 3.8) is 0 Å². The van der Waals surface area contributed by atoms with Gasteiger partial charge in [0.05, 0.1) is 23.8 Å². The molecule has 0 saturated heterocycles. The van der Waals surface area contributed by atoms with E-state index >= 15 is 0 Å². The average molecular weight is 294 g/mol. The van der Waals surface area contributed by atoms with E-state index in [1.54, 1.807) is 18.3 Å². The highest BCUT2D eigenvalue weighted by atomic mass is 19.1. The molecule has 0 unspecified atom stereocenters. The maximum Gasteiger partial charge on any atom is 0.263 e. The summed E-state index contributed by atoms with van der Waals surface area (Å²) in [5.41, 5.74) is 2.12. The highest BCUT2D eigenvalue weighted by molar-refractivity contribution is 5.80. The molecule has 0 saturated carbocycles. The summed E-state index contributed by atoms with van der Waals surface area (Å²) < 4.78 is 14.7. The normalized spacial score (nSPS) is 11.3. The molecule has 1 N–H and O–H groups in total. The second-order valence-corrected chi connectivity index (χ2v) is 5.10. The Hall–Kier alpha value is -3.02. The van der Waals surface area contributed by atoms with Crippen molar-refractivity contribution in [2.24, 2.45) is 0 Å². The molecule has 3 heterocycles. The summed E-state index contributed by atoms with van der Waals surface area (Å²) in [4.78, 5) is 23.8. The van der Waals surface area contributed by atoms with Crippen LogP contribution in [0.15, 0.2) is 53.8 Å². The van der Waals surface area contributed by atoms with Crippen molar-refractivity contribution in [2.45, 2.75) is 6.54 Å². The van der Waals surface area contributed by atoms with Crippen LogP contribution in [0.1, 0.15) is 5.69 Å². The molecule has 5 nitrogen and oxygen atoms in total. The zero-order chi connectivity index (χ0) is 15.1. The number of aromatic nitrogens is 4. The van der Waals surface area contributed by atoms with E-state index in [0.29, 0.717) is 17.4 Å². The number of hydrogen-bond donors (Lipinski definition) is 1. The third-order valence-corrected chi connectivity index (χ3v) is 3.60. The number of rotatable bonds is 2. The summed E-state index contributed by atoms with van der Waals surface area (Å²) >= 11 is 0. The Bertz CT molecular complexity index is 1050. The molecule has 4 aromatic rings. The van der Waals surface area contributed by atoms with E-state index in [9.17, 15) is 9.18 Å². The van der Waals surface area contributed by atoms with Crippen LogP contribution in [0.4, 0.5) is 4.39 Å². The molecule has 1 aromatic carbocycles. The van der Waals surface area contributed by atoms with Crippen molar-refractivity contribution in [3.05, 3.63) is 70.9 Å². The lowest BCUT2D eigenvalue weighted by Crippen LogP contribution is -2.21. The molecule has 6 heteroatoms. The minimum absolute atomic E-state index is 0.150. The molecular formula is C16H11FN4O. The van der Waals surface area contributed by atoms with E-state index in [4.69, 9.17) is 0 Å². The largest absolute Gasteiger partial charge is 0.357 e. The summed E-state index contributed by atoms with van der Waals surface area (Å²) in [7, 11) is 0. The first-order chi connectivity index (χ1) is 10.7. The quantitative estimate of drug-likeness (QED) is 0.617. The van der Waals surface area contributed by atoms with E-state index in [1.165, 1.54) is 29.2 Å². The maximum atomic E-state index is 13.2. The van der Waals surface area contributed by atoms with Gasteiger partial charge in [0.15, 0.2) is 0 Å². The van der Waals surface area contributed by atoms with Crippen molar-refractivity contribution >= 4 is 21.8 Å². The number of fused-ring (bicyclic) bond motifs is 2. The summed E-state index contributed by atoms with van der Waals surface area (Å²) in [6, 6.07) is 8.07. The molecular weight excluding hydrogens is 283 g/mol. The molecule has 22 heavy (non-hydrogen) atoms. The van der Waals surface area contributed by atoms with Gasteiger partial charge in [-0.1, -0.05) is 0 Å². The number of benzene rings is 1. The van der Waals surface area contributed by atoms with Crippen LogP contribution in [-0.4, -0.2) is 19.5 Å². The smallest absolute Gasteiger partial charge is 0.263 e. The number of hydrogen-bond acceptors (Lipinski definition) is 3. The van der Waals surface area contributed by atoms with Gasteiger partial charge in [0.2, 0.25) is 0 Å². The van der Waals surface area contributed by atoms with Crippen LogP contribution >= 0.6 is 0 Å². The molecule has 0 aliphatic carbocycles. The van der Waals surface area contributed by atoms with Crippen molar-refractivity contribution in [1.29, 1.82) is 0 Å². The van der Waals surface area contributed by atoms with Crippen LogP contribution in [-0.2, 0) is 6.54 Å². The van der Waals surface area contributed by atoms with Gasteiger partial charge in [-0.15, -0.1) is 0 Å². The van der Waals surface area contributed by atoms with Crippen LogP contribution in [0, 0.1) is 5.82 Å². The second kappa shape index (κ2) is 4.77. The van der Waals surface area contributed by atoms with E-state index < -0.39 is 0 Å². The first kappa shape index (κ1) is 12.7. The van der Waals surface area contributed by atoms with Crippen molar-refractivity contribution in [1.82, 2.24) is 19.5 Å². The second-order valence-electron chi connectivity index (χ2n) is 5.10. The minimum Gasteiger partial charge on any atom is -0.357 e. The lowest BCUT2D eigenvalue weighted by atomic mass is 10.2. The Kier molecular flexibility index (Phi) is 2.75. The Morgan fingerprint density at radius 2 is 2.14 bits per heavy atom. The summed E-state index contributed by atoms with van der Waals surface area (Å²) in [5, 5.41) is 1.26. The summed E-state index contributed by atoms with van der Waals surface area (Å²) in [6.07, 6.45) is 4.63. The van der Waals surface area contributed by atoms with Crippen LogP contribution in [0.25, 0.3) is 21.8 Å². The van der Waals surface area contributed by atoms with Gasteiger partial charge in [0.1, 0.15) is 5.82 Å². The Balaban J connectivity index is 1.78. The molecule has 0 amide bonds. The number of aromatic amines is 1. The molecule has 4 rings (SSSR count). The summed E-state index contributed by atoms with van der Waals surface area (Å²) in [6.45, 7) is 0.340. The van der Waals surface area contributed by atoms with Crippen molar-refractivity contribution < 1.29 is 4.39 Å². The highest BCUT2D eigenvalue weighted by Gasteiger charge is 2.07. The highest BCUT2D eigenvalue weighted by Crippen LogP contribution is 2.17. The first-order valence-corrected chi connectivity index (χ1v) is 6.77. The van der Waals surface area contributed by atoms with Gasteiger partial charge in [-0.05, 0) is 30.3 Å². The lowest BCUT2D eigenvalue weighted by molar-refractivity contribution is 0.630. The molecule has 0 atom stereocenters. The van der Waals surface area contributed by atoms with Gasteiger partial charge >= 0.3 is 0 Å². The number of pyridine rings is 1. The zero-order valence-electron chi connectivity index (χ0n) is 11.5. The first-order valence-electron chi connectivity index (χ1n) is 6.77. The maximum absolute atomic E-state index is 13.2. The number of nitrogens with zero attached hydrogens (tertiary/aromatic N) is 3. The fourth-order valence-corrected chi connectivity index (χ4v) is 2.55. The lowest BCUT2D eigenvalue weighted by Gasteiger charge is -2.04. The summed E-state index contributed by atoms with van der Waals surface area (Å²) in [5.74, 6) is -0.284. The fraction of sp³-hybridized carbons (Fsp3) is 0.0625. The minimum atomic E-state index is -0.284. The van der Waals surface area contributed by atoms with Crippen molar-refractivity contribution in [2.75, 3.05) is 0 Å². The predicted molar refractivity (Wildman–Crippen MR) is 81.2 cm³/mol. The Morgan fingerprint density at radius 3 is 3.05 bits per heavy atom. The Labute approximate surface area is 124 Å². The van der Waals surface area contributed by atoms with Gasteiger partial charge in [-0.3, -0.25) is 14.3 Å². The molecule has 108 valence electrons. The van der Waals surface area contributed by atoms with Crippen LogP contribution < -0.4 is 5.56 Å². The standard InChI is InChI=1S/C16H11FN4O/c17-11-1-2-14-10(5-11)6-12(20-14)8-21-9-19-15-3-4-18-7-13(15)16(21)22/h1-7,9,20H,8H2. The monoisotopic (exact) mass is 294 g/mol. The molecule has 0 aliphatic rings. The number of H-pyrrole nitrogens is 1. The molecule has 0 radical (unpaired) electrons. The molecule has 0 bridgehead atoms. The molecule has 0 fully saturated rings. The van der Waals surface area contributed by atoms with E-state index in [0.717, 1.165) is 16.6 Å². The van der Waals surface area contributed by atoms with E-state index in [2.05, 4.69) is 15.0 Å². The van der Waals surface area contributed by atoms with E-state index in [1.807, 2.05) is 6.07 Å². The van der Waals surface area contributed by atoms with Gasteiger partial charge in [0, 0.05) is 29.0 Å². The zero-order valence-corrected chi connectivity index (χ0v) is 11.5.